The van der Waals surface area contributed by atoms with Gasteiger partial charge in [0.1, 0.15) is 6.61 Å². The molecule has 0 aromatic heterocycles. The number of urea groups is 1. The van der Waals surface area contributed by atoms with Gasteiger partial charge in [0.15, 0.2) is 0 Å². The summed E-state index contributed by atoms with van der Waals surface area (Å²) in [5.41, 5.74) is 0.695. The fourth-order valence-corrected chi connectivity index (χ4v) is 3.18. The molecule has 1 atom stereocenters. The molecular formula is C18H19N3O5S. The van der Waals surface area contributed by atoms with E-state index in [0.29, 0.717) is 10.5 Å². The number of hydrogen-bond acceptors (Lipinski definition) is 7. The Kier molecular flexibility index (Phi) is 7.25. The van der Waals surface area contributed by atoms with E-state index >= 15 is 0 Å². The van der Waals surface area contributed by atoms with Gasteiger partial charge in [-0.3, -0.25) is 0 Å². The molecule has 8 nitrogen and oxygen atoms in total. The summed E-state index contributed by atoms with van der Waals surface area (Å²) in [6.07, 6.45) is 0. The lowest BCUT2D eigenvalue weighted by Gasteiger charge is -2.26. The van der Waals surface area contributed by atoms with Crippen molar-refractivity contribution in [3.05, 3.63) is 41.1 Å². The van der Waals surface area contributed by atoms with Crippen molar-refractivity contribution in [2.24, 2.45) is 0 Å². The van der Waals surface area contributed by atoms with Crippen molar-refractivity contribution in [2.75, 3.05) is 19.0 Å². The number of nitrogens with one attached hydrogen (secondary N) is 2. The second kappa shape index (κ2) is 9.64. The number of ether oxygens (including phenoxy) is 2. The van der Waals surface area contributed by atoms with Crippen molar-refractivity contribution < 1.29 is 23.9 Å². The molecule has 1 aliphatic rings. The molecule has 2 amide bonds. The van der Waals surface area contributed by atoms with E-state index < -0.39 is 24.0 Å². The first-order chi connectivity index (χ1) is 13.0. The lowest BCUT2D eigenvalue weighted by Crippen LogP contribution is -2.50. The Morgan fingerprint density at radius 2 is 2.00 bits per heavy atom. The predicted molar refractivity (Wildman–Crippen MR) is 97.8 cm³/mol. The maximum absolute atomic E-state index is 12.5. The summed E-state index contributed by atoms with van der Waals surface area (Å²) in [5.74, 6) is -1.01. The number of carbonyl (C=O) groups excluding carboxylic acids is 3. The van der Waals surface area contributed by atoms with Gasteiger partial charge in [-0.2, -0.15) is 5.26 Å². The lowest BCUT2D eigenvalue weighted by atomic mass is 10.0. The molecule has 2 N–H and O–H groups in total. The van der Waals surface area contributed by atoms with Gasteiger partial charge in [-0.1, -0.05) is 12.1 Å². The Bertz CT molecular complexity index is 815. The zero-order valence-corrected chi connectivity index (χ0v) is 15.7. The SMILES string of the molecule is CCOC(=O)C1=C(COC(=O)c2ccccc2SCC#N)NC(=O)N[C@@H]1C. The van der Waals surface area contributed by atoms with Crippen molar-refractivity contribution in [1.82, 2.24) is 10.6 Å². The van der Waals surface area contributed by atoms with Gasteiger partial charge >= 0.3 is 18.0 Å². The van der Waals surface area contributed by atoms with E-state index in [1.807, 2.05) is 6.07 Å². The number of rotatable bonds is 7. The number of nitriles is 1. The molecule has 1 heterocycles. The van der Waals surface area contributed by atoms with Crippen LogP contribution in [-0.4, -0.2) is 43.0 Å². The summed E-state index contributed by atoms with van der Waals surface area (Å²) in [4.78, 5) is 36.9. The van der Waals surface area contributed by atoms with Crippen LogP contribution in [-0.2, 0) is 14.3 Å². The average Bonchev–Trinajstić information content (AvgIpc) is 2.64. The van der Waals surface area contributed by atoms with Crippen LogP contribution in [0.2, 0.25) is 0 Å². The molecule has 1 aromatic rings. The third kappa shape index (κ3) is 5.24. The van der Waals surface area contributed by atoms with E-state index in [4.69, 9.17) is 14.7 Å². The maximum atomic E-state index is 12.5. The summed E-state index contributed by atoms with van der Waals surface area (Å²) >= 11 is 1.22. The molecule has 0 spiro atoms. The highest BCUT2D eigenvalue weighted by Gasteiger charge is 2.30. The van der Waals surface area contributed by atoms with Gasteiger partial charge in [0, 0.05) is 4.90 Å². The average molecular weight is 389 g/mol. The Morgan fingerprint density at radius 3 is 2.70 bits per heavy atom. The number of esters is 2. The molecule has 0 saturated heterocycles. The molecule has 0 fully saturated rings. The number of nitrogens with zero attached hydrogens (tertiary/aromatic N) is 1. The zero-order chi connectivity index (χ0) is 19.8. The van der Waals surface area contributed by atoms with Gasteiger partial charge < -0.3 is 20.1 Å². The fourth-order valence-electron chi connectivity index (χ4n) is 2.48. The van der Waals surface area contributed by atoms with Crippen LogP contribution in [0.5, 0.6) is 0 Å². The summed E-state index contributed by atoms with van der Waals surface area (Å²) in [6.45, 7) is 3.20. The summed E-state index contributed by atoms with van der Waals surface area (Å²) in [5, 5.41) is 13.8. The minimum atomic E-state index is -0.618. The molecule has 0 radical (unpaired) electrons. The first-order valence-electron chi connectivity index (χ1n) is 8.21. The molecule has 27 heavy (non-hydrogen) atoms. The summed E-state index contributed by atoms with van der Waals surface area (Å²) in [7, 11) is 0. The molecule has 1 aromatic carbocycles. The Labute approximate surface area is 160 Å². The normalized spacial score (nSPS) is 16.0. The number of benzene rings is 1. The van der Waals surface area contributed by atoms with Crippen molar-refractivity contribution >= 4 is 29.7 Å². The molecule has 1 aliphatic heterocycles. The third-order valence-electron chi connectivity index (χ3n) is 3.61. The second-order valence-corrected chi connectivity index (χ2v) is 6.47. The highest BCUT2D eigenvalue weighted by atomic mass is 32.2. The van der Waals surface area contributed by atoms with Crippen molar-refractivity contribution in [1.29, 1.82) is 5.26 Å². The molecular weight excluding hydrogens is 370 g/mol. The lowest BCUT2D eigenvalue weighted by molar-refractivity contribution is -0.139. The standard InChI is InChI=1S/C18H19N3O5S/c1-3-25-17(23)15-11(2)20-18(24)21-13(15)10-26-16(22)12-6-4-5-7-14(12)27-9-8-19/h4-7,11H,3,9-10H2,1-2H3,(H2,20,21,24)/t11-/m1/s1. The van der Waals surface area contributed by atoms with Gasteiger partial charge in [0.05, 0.1) is 41.3 Å². The molecule has 0 saturated carbocycles. The highest BCUT2D eigenvalue weighted by molar-refractivity contribution is 7.99. The minimum Gasteiger partial charge on any atom is -0.463 e. The van der Waals surface area contributed by atoms with E-state index in [0.717, 1.165) is 0 Å². The van der Waals surface area contributed by atoms with E-state index in [1.54, 1.807) is 38.1 Å². The second-order valence-electron chi connectivity index (χ2n) is 5.45. The first-order valence-corrected chi connectivity index (χ1v) is 9.20. The molecule has 0 unspecified atom stereocenters. The first kappa shape index (κ1) is 20.3. The molecule has 2 rings (SSSR count). The molecule has 0 aliphatic carbocycles. The van der Waals surface area contributed by atoms with E-state index in [-0.39, 0.29) is 30.2 Å². The maximum Gasteiger partial charge on any atom is 0.339 e. The Hall–Kier alpha value is -2.99. The fraction of sp³-hybridized carbons (Fsp3) is 0.333. The molecule has 0 bridgehead atoms. The van der Waals surface area contributed by atoms with Crippen LogP contribution in [0.3, 0.4) is 0 Å². The Morgan fingerprint density at radius 1 is 1.26 bits per heavy atom. The van der Waals surface area contributed by atoms with Crippen LogP contribution >= 0.6 is 11.8 Å². The van der Waals surface area contributed by atoms with Gasteiger partial charge in [-0.25, -0.2) is 14.4 Å². The minimum absolute atomic E-state index is 0.180. The summed E-state index contributed by atoms with van der Waals surface area (Å²) in [6, 6.07) is 7.68. The molecule has 142 valence electrons. The van der Waals surface area contributed by atoms with E-state index in [9.17, 15) is 14.4 Å². The van der Waals surface area contributed by atoms with Gasteiger partial charge in [-0.05, 0) is 26.0 Å². The monoisotopic (exact) mass is 389 g/mol. The van der Waals surface area contributed by atoms with Crippen molar-refractivity contribution in [3.63, 3.8) is 0 Å². The van der Waals surface area contributed by atoms with Crippen LogP contribution in [0.15, 0.2) is 40.4 Å². The number of thioether (sulfide) groups is 1. The number of carbonyl (C=O) groups is 3. The predicted octanol–water partition coefficient (Wildman–Crippen LogP) is 1.98. The van der Waals surface area contributed by atoms with Crippen LogP contribution < -0.4 is 10.6 Å². The number of amides is 2. The largest absolute Gasteiger partial charge is 0.463 e. The number of hydrogen-bond donors (Lipinski definition) is 2. The van der Waals surface area contributed by atoms with Gasteiger partial charge in [-0.15, -0.1) is 11.8 Å². The van der Waals surface area contributed by atoms with Crippen molar-refractivity contribution in [2.45, 2.75) is 24.8 Å². The van der Waals surface area contributed by atoms with Crippen LogP contribution in [0, 0.1) is 11.3 Å². The Balaban J connectivity index is 2.19. The molecule has 9 heteroatoms. The van der Waals surface area contributed by atoms with E-state index in [2.05, 4.69) is 10.6 Å². The van der Waals surface area contributed by atoms with Crippen molar-refractivity contribution in [3.8, 4) is 6.07 Å². The zero-order valence-electron chi connectivity index (χ0n) is 14.9. The van der Waals surface area contributed by atoms with Crippen LogP contribution in [0.1, 0.15) is 24.2 Å². The topological polar surface area (TPSA) is 118 Å². The quantitative estimate of drug-likeness (QED) is 0.541. The van der Waals surface area contributed by atoms with E-state index in [1.165, 1.54) is 11.8 Å². The van der Waals surface area contributed by atoms with Gasteiger partial charge in [0.25, 0.3) is 0 Å². The highest BCUT2D eigenvalue weighted by Crippen LogP contribution is 2.23. The smallest absolute Gasteiger partial charge is 0.339 e. The van der Waals surface area contributed by atoms with Crippen LogP contribution in [0.25, 0.3) is 0 Å². The summed E-state index contributed by atoms with van der Waals surface area (Å²) < 4.78 is 10.3. The van der Waals surface area contributed by atoms with Crippen LogP contribution in [0.4, 0.5) is 4.79 Å². The third-order valence-corrected chi connectivity index (χ3v) is 4.55. The van der Waals surface area contributed by atoms with Gasteiger partial charge in [0.2, 0.25) is 0 Å².